The lowest BCUT2D eigenvalue weighted by Gasteiger charge is -2.24. The second-order valence-electron chi connectivity index (χ2n) is 5.03. The molecule has 0 saturated carbocycles. The summed E-state index contributed by atoms with van der Waals surface area (Å²) in [4.78, 5) is 2.32. The number of nitrogens with zero attached hydrogens (tertiary/aromatic N) is 2. The smallest absolute Gasteiger partial charge is 0.101 e. The van der Waals surface area contributed by atoms with Gasteiger partial charge < -0.3 is 4.90 Å². The first-order valence-electron chi connectivity index (χ1n) is 6.79. The zero-order chi connectivity index (χ0) is 13.9. The number of halogens is 1. The van der Waals surface area contributed by atoms with E-state index < -0.39 is 0 Å². The van der Waals surface area contributed by atoms with Gasteiger partial charge >= 0.3 is 0 Å². The lowest BCUT2D eigenvalue weighted by molar-refractivity contribution is 0.804. The van der Waals surface area contributed by atoms with Gasteiger partial charge in [-0.15, -0.1) is 0 Å². The Kier molecular flexibility index (Phi) is 3.75. The van der Waals surface area contributed by atoms with Gasteiger partial charge in [-0.25, -0.2) is 0 Å². The summed E-state index contributed by atoms with van der Waals surface area (Å²) in [6.07, 6.45) is 2.07. The number of hydrogen-bond acceptors (Lipinski definition) is 2. The van der Waals surface area contributed by atoms with Crippen LogP contribution in [0.25, 0.3) is 0 Å². The van der Waals surface area contributed by atoms with Gasteiger partial charge in [0.25, 0.3) is 0 Å². The van der Waals surface area contributed by atoms with Crippen LogP contribution in [-0.4, -0.2) is 13.1 Å². The van der Waals surface area contributed by atoms with Gasteiger partial charge in [-0.05, 0) is 42.2 Å². The number of rotatable bonds is 1. The van der Waals surface area contributed by atoms with Crippen molar-refractivity contribution >= 4 is 21.6 Å². The quantitative estimate of drug-likeness (QED) is 0.794. The van der Waals surface area contributed by atoms with Crippen LogP contribution in [-0.2, 0) is 12.8 Å². The molecule has 0 fully saturated rings. The zero-order valence-corrected chi connectivity index (χ0v) is 12.7. The summed E-state index contributed by atoms with van der Waals surface area (Å²) < 4.78 is 1.02. The third kappa shape index (κ3) is 2.57. The molecule has 0 atom stereocenters. The van der Waals surface area contributed by atoms with E-state index in [1.807, 2.05) is 12.1 Å². The van der Waals surface area contributed by atoms with Crippen molar-refractivity contribution in [2.45, 2.75) is 12.8 Å². The molecule has 3 heteroatoms. The molecule has 1 aliphatic rings. The number of benzene rings is 2. The number of fused-ring (bicyclic) bond motifs is 1. The fourth-order valence-corrected chi connectivity index (χ4v) is 3.12. The third-order valence-electron chi connectivity index (χ3n) is 3.84. The Labute approximate surface area is 127 Å². The fourth-order valence-electron chi connectivity index (χ4n) is 2.77. The van der Waals surface area contributed by atoms with Gasteiger partial charge in [0.1, 0.15) is 6.07 Å². The monoisotopic (exact) mass is 326 g/mol. The summed E-state index contributed by atoms with van der Waals surface area (Å²) >= 11 is 3.50. The molecule has 2 aromatic rings. The van der Waals surface area contributed by atoms with Crippen molar-refractivity contribution in [2.75, 3.05) is 18.0 Å². The van der Waals surface area contributed by atoms with Gasteiger partial charge in [0, 0.05) is 17.6 Å². The Bertz CT molecular complexity index is 646. The lowest BCUT2D eigenvalue weighted by atomic mass is 10.0. The maximum Gasteiger partial charge on any atom is 0.101 e. The van der Waals surface area contributed by atoms with Crippen LogP contribution in [0, 0.1) is 11.3 Å². The number of anilines is 1. The zero-order valence-electron chi connectivity index (χ0n) is 11.1. The van der Waals surface area contributed by atoms with Gasteiger partial charge in [0.05, 0.1) is 11.3 Å². The maximum atomic E-state index is 9.29. The summed E-state index contributed by atoms with van der Waals surface area (Å²) in [6, 6.07) is 16.8. The lowest BCUT2D eigenvalue weighted by Crippen LogP contribution is -2.26. The predicted octanol–water partition coefficient (Wildman–Crippen LogP) is 3.93. The van der Waals surface area contributed by atoms with Crippen molar-refractivity contribution < 1.29 is 0 Å². The normalized spacial score (nSPS) is 14.3. The van der Waals surface area contributed by atoms with E-state index in [1.165, 1.54) is 11.1 Å². The maximum absolute atomic E-state index is 9.29. The van der Waals surface area contributed by atoms with E-state index in [-0.39, 0.29) is 0 Å². The molecule has 0 radical (unpaired) electrons. The molecule has 0 unspecified atom stereocenters. The van der Waals surface area contributed by atoms with Crippen molar-refractivity contribution in [3.05, 3.63) is 63.6 Å². The molecular formula is C17H15BrN2. The molecule has 100 valence electrons. The summed E-state index contributed by atoms with van der Waals surface area (Å²) in [5, 5.41) is 9.29. The second kappa shape index (κ2) is 5.68. The van der Waals surface area contributed by atoms with Crippen molar-refractivity contribution in [2.24, 2.45) is 0 Å². The van der Waals surface area contributed by atoms with Crippen LogP contribution in [0.5, 0.6) is 0 Å². The van der Waals surface area contributed by atoms with Crippen molar-refractivity contribution in [3.63, 3.8) is 0 Å². The SMILES string of the molecule is N#Cc1ccc(Br)cc1N1CCc2ccccc2CC1. The number of hydrogen-bond donors (Lipinski definition) is 0. The average Bonchev–Trinajstić information content (AvgIpc) is 2.70. The van der Waals surface area contributed by atoms with Crippen molar-refractivity contribution in [1.82, 2.24) is 0 Å². The van der Waals surface area contributed by atoms with Crippen LogP contribution in [0.2, 0.25) is 0 Å². The van der Waals surface area contributed by atoms with E-state index in [0.717, 1.165) is 41.7 Å². The molecule has 0 aliphatic carbocycles. The molecule has 1 heterocycles. The Morgan fingerprint density at radius 3 is 2.25 bits per heavy atom. The topological polar surface area (TPSA) is 27.0 Å². The van der Waals surface area contributed by atoms with Crippen molar-refractivity contribution in [1.29, 1.82) is 5.26 Å². The van der Waals surface area contributed by atoms with Crippen LogP contribution < -0.4 is 4.90 Å². The summed E-state index contributed by atoms with van der Waals surface area (Å²) in [6.45, 7) is 1.92. The molecule has 0 amide bonds. The van der Waals surface area contributed by atoms with E-state index in [9.17, 15) is 5.26 Å². The van der Waals surface area contributed by atoms with Gasteiger partial charge in [0.15, 0.2) is 0 Å². The molecule has 0 N–H and O–H groups in total. The minimum absolute atomic E-state index is 0.749. The summed E-state index contributed by atoms with van der Waals surface area (Å²) in [5.41, 5.74) is 4.65. The van der Waals surface area contributed by atoms with Crippen LogP contribution in [0.4, 0.5) is 5.69 Å². The van der Waals surface area contributed by atoms with Crippen LogP contribution in [0.15, 0.2) is 46.9 Å². The first kappa shape index (κ1) is 13.2. The van der Waals surface area contributed by atoms with E-state index in [0.29, 0.717) is 0 Å². The molecule has 20 heavy (non-hydrogen) atoms. The predicted molar refractivity (Wildman–Crippen MR) is 84.9 cm³/mol. The molecule has 2 aromatic carbocycles. The third-order valence-corrected chi connectivity index (χ3v) is 4.33. The minimum atomic E-state index is 0.749. The van der Waals surface area contributed by atoms with E-state index in [1.54, 1.807) is 0 Å². The highest BCUT2D eigenvalue weighted by atomic mass is 79.9. The van der Waals surface area contributed by atoms with Crippen LogP contribution in [0.1, 0.15) is 16.7 Å². The Balaban J connectivity index is 1.91. The van der Waals surface area contributed by atoms with Crippen molar-refractivity contribution in [3.8, 4) is 6.07 Å². The number of nitriles is 1. The van der Waals surface area contributed by atoms with Gasteiger partial charge in [0.2, 0.25) is 0 Å². The highest BCUT2D eigenvalue weighted by molar-refractivity contribution is 9.10. The Hall–Kier alpha value is -1.79. The second-order valence-corrected chi connectivity index (χ2v) is 5.94. The van der Waals surface area contributed by atoms with E-state index in [4.69, 9.17) is 0 Å². The molecule has 0 aromatic heterocycles. The van der Waals surface area contributed by atoms with Gasteiger partial charge in [-0.2, -0.15) is 5.26 Å². The molecule has 0 spiro atoms. The van der Waals surface area contributed by atoms with Gasteiger partial charge in [-0.3, -0.25) is 0 Å². The summed E-state index contributed by atoms with van der Waals surface area (Å²) in [5.74, 6) is 0. The van der Waals surface area contributed by atoms with Crippen LogP contribution >= 0.6 is 15.9 Å². The van der Waals surface area contributed by atoms with E-state index in [2.05, 4.69) is 57.2 Å². The first-order chi connectivity index (χ1) is 9.78. The molecule has 0 saturated heterocycles. The van der Waals surface area contributed by atoms with Crippen LogP contribution in [0.3, 0.4) is 0 Å². The highest BCUT2D eigenvalue weighted by Gasteiger charge is 2.16. The molecule has 0 bridgehead atoms. The molecule has 2 nitrogen and oxygen atoms in total. The van der Waals surface area contributed by atoms with Gasteiger partial charge in [-0.1, -0.05) is 40.2 Å². The molecule has 3 rings (SSSR count). The Morgan fingerprint density at radius 1 is 1.00 bits per heavy atom. The minimum Gasteiger partial charge on any atom is -0.370 e. The molecular weight excluding hydrogens is 312 g/mol. The summed E-state index contributed by atoms with van der Waals surface area (Å²) in [7, 11) is 0. The largest absolute Gasteiger partial charge is 0.370 e. The first-order valence-corrected chi connectivity index (χ1v) is 7.58. The Morgan fingerprint density at radius 2 is 1.65 bits per heavy atom. The average molecular weight is 327 g/mol. The highest BCUT2D eigenvalue weighted by Crippen LogP contribution is 2.27. The standard InChI is InChI=1S/C17H15BrN2/c18-16-6-5-15(12-19)17(11-16)20-9-7-13-3-1-2-4-14(13)8-10-20/h1-6,11H,7-10H2. The fraction of sp³-hybridized carbons (Fsp3) is 0.235. The molecule has 1 aliphatic heterocycles. The van der Waals surface area contributed by atoms with E-state index >= 15 is 0 Å².